The first-order valence-corrected chi connectivity index (χ1v) is 5.48. The lowest BCUT2D eigenvalue weighted by Gasteiger charge is -1.79. The molecule has 0 N–H and O–H groups in total. The molecule has 0 saturated heterocycles. The zero-order chi connectivity index (χ0) is 9.66. The lowest BCUT2D eigenvalue weighted by atomic mass is 10.3. The average molecular weight is 170 g/mol. The molecule has 74 valence electrons. The number of unbranched alkanes of at least 4 members (excludes halogenated alkanes) is 3. The molecule has 0 rings (SSSR count). The summed E-state index contributed by atoms with van der Waals surface area (Å²) in [5, 5.41) is 0. The molecular formula is C12H26. The van der Waals surface area contributed by atoms with Crippen molar-refractivity contribution in [2.75, 3.05) is 0 Å². The van der Waals surface area contributed by atoms with Gasteiger partial charge in [0.25, 0.3) is 0 Å². The summed E-state index contributed by atoms with van der Waals surface area (Å²) in [4.78, 5) is 0. The Kier molecular flexibility index (Phi) is 20.2. The van der Waals surface area contributed by atoms with Crippen molar-refractivity contribution in [2.24, 2.45) is 0 Å². The summed E-state index contributed by atoms with van der Waals surface area (Å²) in [6.07, 6.45) is 12.2. The predicted molar refractivity (Wildman–Crippen MR) is 59.5 cm³/mol. The SMILES string of the molecule is CC/C=C/CCC.CCCCC. The Labute approximate surface area is 79.1 Å². The third-order valence-corrected chi connectivity index (χ3v) is 1.56. The fourth-order valence-corrected chi connectivity index (χ4v) is 0.805. The average Bonchev–Trinajstić information content (AvgIpc) is 2.08. The lowest BCUT2D eigenvalue weighted by molar-refractivity contribution is 0.772. The Morgan fingerprint density at radius 3 is 1.58 bits per heavy atom. The molecule has 0 radical (unpaired) electrons. The van der Waals surface area contributed by atoms with Gasteiger partial charge in [-0.1, -0.05) is 65.5 Å². The highest BCUT2D eigenvalue weighted by Crippen LogP contribution is 1.89. The summed E-state index contributed by atoms with van der Waals surface area (Å²) < 4.78 is 0. The van der Waals surface area contributed by atoms with E-state index in [1.165, 1.54) is 38.5 Å². The molecule has 0 atom stereocenters. The van der Waals surface area contributed by atoms with Crippen LogP contribution in [-0.4, -0.2) is 0 Å². The third-order valence-electron chi connectivity index (χ3n) is 1.56. The van der Waals surface area contributed by atoms with E-state index >= 15 is 0 Å². The van der Waals surface area contributed by atoms with Gasteiger partial charge in [-0.3, -0.25) is 0 Å². The van der Waals surface area contributed by atoms with Gasteiger partial charge in [0.15, 0.2) is 0 Å². The second kappa shape index (κ2) is 17.0. The fraction of sp³-hybridized carbons (Fsp3) is 0.833. The second-order valence-electron chi connectivity index (χ2n) is 3.02. The molecule has 0 amide bonds. The van der Waals surface area contributed by atoms with Crippen LogP contribution in [0.2, 0.25) is 0 Å². The van der Waals surface area contributed by atoms with Crippen molar-refractivity contribution in [3.63, 3.8) is 0 Å². The molecular weight excluding hydrogens is 144 g/mol. The molecule has 0 unspecified atom stereocenters. The van der Waals surface area contributed by atoms with Gasteiger partial charge in [0.1, 0.15) is 0 Å². The van der Waals surface area contributed by atoms with E-state index in [0.29, 0.717) is 0 Å². The summed E-state index contributed by atoms with van der Waals surface area (Å²) in [5.74, 6) is 0. The summed E-state index contributed by atoms with van der Waals surface area (Å²) in [6, 6.07) is 0. The molecule has 0 saturated carbocycles. The van der Waals surface area contributed by atoms with Crippen molar-refractivity contribution in [3.8, 4) is 0 Å². The van der Waals surface area contributed by atoms with Crippen LogP contribution in [0.25, 0.3) is 0 Å². The number of hydrogen-bond acceptors (Lipinski definition) is 0. The van der Waals surface area contributed by atoms with Gasteiger partial charge in [-0.05, 0) is 12.8 Å². The van der Waals surface area contributed by atoms with Crippen molar-refractivity contribution >= 4 is 0 Å². The maximum absolute atomic E-state index is 2.24. The zero-order valence-electron chi connectivity index (χ0n) is 9.40. The Balaban J connectivity index is 0. The van der Waals surface area contributed by atoms with Crippen LogP contribution in [0.4, 0.5) is 0 Å². The molecule has 0 heteroatoms. The highest BCUT2D eigenvalue weighted by molar-refractivity contribution is 4.78. The van der Waals surface area contributed by atoms with Crippen molar-refractivity contribution in [2.45, 2.75) is 66.2 Å². The molecule has 0 aromatic rings. The van der Waals surface area contributed by atoms with E-state index in [1.807, 2.05) is 0 Å². The molecule has 0 bridgehead atoms. The van der Waals surface area contributed by atoms with Gasteiger partial charge < -0.3 is 0 Å². The predicted octanol–water partition coefficient (Wildman–Crippen LogP) is 4.95. The van der Waals surface area contributed by atoms with Gasteiger partial charge in [-0.2, -0.15) is 0 Å². The van der Waals surface area contributed by atoms with Crippen molar-refractivity contribution < 1.29 is 0 Å². The van der Waals surface area contributed by atoms with Crippen LogP contribution < -0.4 is 0 Å². The monoisotopic (exact) mass is 170 g/mol. The second-order valence-corrected chi connectivity index (χ2v) is 3.02. The Morgan fingerprint density at radius 1 is 0.750 bits per heavy atom. The topological polar surface area (TPSA) is 0 Å². The summed E-state index contributed by atoms with van der Waals surface area (Å²) >= 11 is 0. The molecule has 12 heavy (non-hydrogen) atoms. The van der Waals surface area contributed by atoms with Gasteiger partial charge in [-0.25, -0.2) is 0 Å². The van der Waals surface area contributed by atoms with Gasteiger partial charge in [0.2, 0.25) is 0 Å². The quantitative estimate of drug-likeness (QED) is 0.512. The van der Waals surface area contributed by atoms with Crippen LogP contribution in [-0.2, 0) is 0 Å². The number of rotatable bonds is 5. The van der Waals surface area contributed by atoms with Crippen molar-refractivity contribution in [1.82, 2.24) is 0 Å². The summed E-state index contributed by atoms with van der Waals surface area (Å²) in [6.45, 7) is 8.78. The fourth-order valence-electron chi connectivity index (χ4n) is 0.805. The van der Waals surface area contributed by atoms with Gasteiger partial charge in [-0.15, -0.1) is 0 Å². The highest BCUT2D eigenvalue weighted by atomic mass is 13.8. The minimum atomic E-state index is 1.18. The van der Waals surface area contributed by atoms with E-state index in [0.717, 1.165) is 0 Å². The molecule has 0 aliphatic carbocycles. The third kappa shape index (κ3) is 22.6. The van der Waals surface area contributed by atoms with Crippen LogP contribution in [0, 0.1) is 0 Å². The first-order valence-electron chi connectivity index (χ1n) is 5.48. The highest BCUT2D eigenvalue weighted by Gasteiger charge is 1.68. The molecule has 0 aliphatic rings. The molecule has 0 heterocycles. The van der Waals surface area contributed by atoms with E-state index < -0.39 is 0 Å². The number of allylic oxidation sites excluding steroid dienone is 2. The van der Waals surface area contributed by atoms with Crippen LogP contribution >= 0.6 is 0 Å². The minimum absolute atomic E-state index is 1.18. The van der Waals surface area contributed by atoms with Crippen molar-refractivity contribution in [3.05, 3.63) is 12.2 Å². The molecule has 0 aromatic heterocycles. The van der Waals surface area contributed by atoms with E-state index in [1.54, 1.807) is 0 Å². The molecule has 0 aromatic carbocycles. The molecule has 0 nitrogen and oxygen atoms in total. The molecule has 0 fully saturated rings. The smallest absolute Gasteiger partial charge is 0.0353 e. The lowest BCUT2D eigenvalue weighted by Crippen LogP contribution is -1.59. The molecule has 0 spiro atoms. The van der Waals surface area contributed by atoms with Crippen LogP contribution in [0.5, 0.6) is 0 Å². The van der Waals surface area contributed by atoms with Gasteiger partial charge in [0, 0.05) is 0 Å². The van der Waals surface area contributed by atoms with Crippen LogP contribution in [0.3, 0.4) is 0 Å². The Bertz CT molecular complexity index is 70.1. The largest absolute Gasteiger partial charge is 0.0888 e. The normalized spacial score (nSPS) is 9.67. The minimum Gasteiger partial charge on any atom is -0.0888 e. The van der Waals surface area contributed by atoms with Gasteiger partial charge in [0.05, 0.1) is 0 Å². The first-order chi connectivity index (χ1) is 5.83. The Morgan fingerprint density at radius 2 is 1.33 bits per heavy atom. The Hall–Kier alpha value is -0.260. The van der Waals surface area contributed by atoms with Crippen LogP contribution in [0.15, 0.2) is 12.2 Å². The number of hydrogen-bond donors (Lipinski definition) is 0. The van der Waals surface area contributed by atoms with E-state index in [2.05, 4.69) is 39.8 Å². The summed E-state index contributed by atoms with van der Waals surface area (Å²) in [7, 11) is 0. The van der Waals surface area contributed by atoms with Crippen LogP contribution in [0.1, 0.15) is 66.2 Å². The first kappa shape index (κ1) is 14.3. The molecule has 0 aliphatic heterocycles. The zero-order valence-corrected chi connectivity index (χ0v) is 9.40. The maximum atomic E-state index is 2.24. The van der Waals surface area contributed by atoms with E-state index in [-0.39, 0.29) is 0 Å². The van der Waals surface area contributed by atoms with Gasteiger partial charge >= 0.3 is 0 Å². The van der Waals surface area contributed by atoms with E-state index in [4.69, 9.17) is 0 Å². The maximum Gasteiger partial charge on any atom is -0.0353 e. The standard InChI is InChI=1S/C7H14.C5H12/c1-3-5-7-6-4-2;1-3-5-4-2/h5,7H,3-4,6H2,1-2H3;3-5H2,1-2H3/b7-5+;. The summed E-state index contributed by atoms with van der Waals surface area (Å²) in [5.41, 5.74) is 0. The van der Waals surface area contributed by atoms with E-state index in [9.17, 15) is 0 Å². The van der Waals surface area contributed by atoms with Crippen molar-refractivity contribution in [1.29, 1.82) is 0 Å².